The summed E-state index contributed by atoms with van der Waals surface area (Å²) in [7, 11) is 0. The third kappa shape index (κ3) is 3.18. The second-order valence-electron chi connectivity index (χ2n) is 3.99. The molecule has 0 radical (unpaired) electrons. The van der Waals surface area contributed by atoms with Crippen LogP contribution in [0.4, 0.5) is 10.1 Å². The zero-order chi connectivity index (χ0) is 14.7. The molecule has 2 aromatic rings. The summed E-state index contributed by atoms with van der Waals surface area (Å²) in [6, 6.07) is 6.68. The SMILES string of the molecule is Cc1ccc(C(=O)COc2ccc([N+](=O)[O-])c(F)c2)s1. The van der Waals surface area contributed by atoms with Crippen LogP contribution in [0, 0.1) is 22.9 Å². The van der Waals surface area contributed by atoms with Gasteiger partial charge in [-0.25, -0.2) is 0 Å². The van der Waals surface area contributed by atoms with Crippen molar-refractivity contribution in [2.24, 2.45) is 0 Å². The maximum Gasteiger partial charge on any atom is 0.305 e. The quantitative estimate of drug-likeness (QED) is 0.482. The minimum absolute atomic E-state index is 0.0785. The molecule has 1 aromatic carbocycles. The molecule has 0 spiro atoms. The Kier molecular flexibility index (Phi) is 4.09. The average Bonchev–Trinajstić information content (AvgIpc) is 2.82. The number of benzene rings is 1. The summed E-state index contributed by atoms with van der Waals surface area (Å²) in [5, 5.41) is 10.5. The first kappa shape index (κ1) is 14.1. The van der Waals surface area contributed by atoms with E-state index in [1.807, 2.05) is 13.0 Å². The highest BCUT2D eigenvalue weighted by Gasteiger charge is 2.15. The Morgan fingerprint density at radius 3 is 2.70 bits per heavy atom. The van der Waals surface area contributed by atoms with Gasteiger partial charge in [-0.15, -0.1) is 11.3 Å². The summed E-state index contributed by atoms with van der Waals surface area (Å²) in [6.45, 7) is 1.64. The first-order valence-electron chi connectivity index (χ1n) is 5.64. The van der Waals surface area contributed by atoms with Gasteiger partial charge in [0.1, 0.15) is 5.75 Å². The van der Waals surface area contributed by atoms with Gasteiger partial charge in [0.25, 0.3) is 0 Å². The topological polar surface area (TPSA) is 69.4 Å². The fourth-order valence-corrected chi connectivity index (χ4v) is 2.32. The van der Waals surface area contributed by atoms with Crippen LogP contribution in [0.1, 0.15) is 14.5 Å². The van der Waals surface area contributed by atoms with E-state index in [2.05, 4.69) is 0 Å². The molecule has 0 unspecified atom stereocenters. The van der Waals surface area contributed by atoms with Gasteiger partial charge in [-0.05, 0) is 25.1 Å². The Hall–Kier alpha value is -2.28. The summed E-state index contributed by atoms with van der Waals surface area (Å²) in [5.74, 6) is -1.14. The molecule has 0 saturated heterocycles. The Morgan fingerprint density at radius 1 is 1.40 bits per heavy atom. The van der Waals surface area contributed by atoms with Crippen molar-refractivity contribution in [1.29, 1.82) is 0 Å². The van der Waals surface area contributed by atoms with Gasteiger partial charge < -0.3 is 4.74 Å². The number of ketones is 1. The average molecular weight is 295 g/mol. The third-order valence-corrected chi connectivity index (χ3v) is 3.54. The molecule has 0 amide bonds. The van der Waals surface area contributed by atoms with Crippen molar-refractivity contribution in [2.45, 2.75) is 6.92 Å². The Morgan fingerprint density at radius 2 is 2.15 bits per heavy atom. The van der Waals surface area contributed by atoms with E-state index in [4.69, 9.17) is 4.74 Å². The number of rotatable bonds is 5. The molecule has 7 heteroatoms. The Labute approximate surface area is 117 Å². The standard InChI is InChI=1S/C13H10FNO4S/c1-8-2-5-13(20-8)12(16)7-19-9-3-4-11(15(17)18)10(14)6-9/h2-6H,7H2,1H3. The van der Waals surface area contributed by atoms with E-state index in [1.54, 1.807) is 6.07 Å². The molecule has 0 aliphatic carbocycles. The molecule has 0 atom stereocenters. The number of hydrogen-bond acceptors (Lipinski definition) is 5. The number of nitrogens with zero attached hydrogens (tertiary/aromatic N) is 1. The zero-order valence-electron chi connectivity index (χ0n) is 10.5. The molecular weight excluding hydrogens is 285 g/mol. The monoisotopic (exact) mass is 295 g/mol. The van der Waals surface area contributed by atoms with Crippen LogP contribution in [0.5, 0.6) is 5.75 Å². The van der Waals surface area contributed by atoms with Crippen LogP contribution in [-0.4, -0.2) is 17.3 Å². The second kappa shape index (κ2) is 5.79. The van der Waals surface area contributed by atoms with E-state index in [-0.39, 0.29) is 18.1 Å². The molecule has 0 saturated carbocycles. The molecule has 0 bridgehead atoms. The van der Waals surface area contributed by atoms with Gasteiger partial charge in [-0.3, -0.25) is 14.9 Å². The smallest absolute Gasteiger partial charge is 0.305 e. The van der Waals surface area contributed by atoms with Crippen molar-refractivity contribution in [2.75, 3.05) is 6.61 Å². The fourth-order valence-electron chi connectivity index (χ4n) is 1.53. The number of carbonyl (C=O) groups is 1. The van der Waals surface area contributed by atoms with Crippen LogP contribution in [0.25, 0.3) is 0 Å². The fraction of sp³-hybridized carbons (Fsp3) is 0.154. The first-order valence-corrected chi connectivity index (χ1v) is 6.45. The lowest BCUT2D eigenvalue weighted by Gasteiger charge is -2.04. The first-order chi connectivity index (χ1) is 9.47. The lowest BCUT2D eigenvalue weighted by atomic mass is 10.3. The molecule has 0 fully saturated rings. The molecule has 2 rings (SSSR count). The number of nitro groups is 1. The van der Waals surface area contributed by atoms with Crippen LogP contribution in [0.15, 0.2) is 30.3 Å². The predicted molar refractivity (Wildman–Crippen MR) is 71.9 cm³/mol. The molecule has 104 valence electrons. The highest BCUT2D eigenvalue weighted by atomic mass is 32.1. The number of Topliss-reactive ketones (excluding diaryl/α,β-unsaturated/α-hetero) is 1. The molecule has 1 heterocycles. The lowest BCUT2D eigenvalue weighted by molar-refractivity contribution is -0.387. The van der Waals surface area contributed by atoms with E-state index in [1.165, 1.54) is 17.4 Å². The summed E-state index contributed by atoms with van der Waals surface area (Å²) in [5.41, 5.74) is -0.627. The number of ether oxygens (including phenoxy) is 1. The predicted octanol–water partition coefficient (Wildman–Crippen LogP) is 3.37. The number of thiophene rings is 1. The van der Waals surface area contributed by atoms with Crippen LogP contribution >= 0.6 is 11.3 Å². The second-order valence-corrected chi connectivity index (χ2v) is 5.28. The van der Waals surface area contributed by atoms with Gasteiger partial charge in [0, 0.05) is 17.0 Å². The van der Waals surface area contributed by atoms with Crippen molar-refractivity contribution in [3.63, 3.8) is 0 Å². The normalized spacial score (nSPS) is 10.3. The molecular formula is C13H10FNO4S. The van der Waals surface area contributed by atoms with Crippen LogP contribution < -0.4 is 4.74 Å². The number of hydrogen-bond donors (Lipinski definition) is 0. The number of aryl methyl sites for hydroxylation is 1. The Balaban J connectivity index is 2.02. The van der Waals surface area contributed by atoms with Crippen molar-refractivity contribution in [1.82, 2.24) is 0 Å². The molecule has 0 aliphatic rings. The highest BCUT2D eigenvalue weighted by molar-refractivity contribution is 7.14. The van der Waals surface area contributed by atoms with Gasteiger partial charge >= 0.3 is 5.69 Å². The van der Waals surface area contributed by atoms with Gasteiger partial charge in [-0.1, -0.05) is 0 Å². The van der Waals surface area contributed by atoms with E-state index in [0.717, 1.165) is 17.0 Å². The highest BCUT2D eigenvalue weighted by Crippen LogP contribution is 2.23. The molecule has 1 aromatic heterocycles. The van der Waals surface area contributed by atoms with Crippen LogP contribution in [-0.2, 0) is 0 Å². The van der Waals surface area contributed by atoms with Crippen LogP contribution in [0.3, 0.4) is 0 Å². The van der Waals surface area contributed by atoms with Crippen molar-refractivity contribution < 1.29 is 18.8 Å². The Bertz CT molecular complexity index is 668. The van der Waals surface area contributed by atoms with Gasteiger partial charge in [0.2, 0.25) is 11.6 Å². The maximum atomic E-state index is 13.3. The van der Waals surface area contributed by atoms with Gasteiger partial charge in [-0.2, -0.15) is 4.39 Å². The summed E-state index contributed by atoms with van der Waals surface area (Å²) < 4.78 is 18.5. The summed E-state index contributed by atoms with van der Waals surface area (Å²) >= 11 is 1.35. The van der Waals surface area contributed by atoms with Crippen molar-refractivity contribution >= 4 is 22.8 Å². The largest absolute Gasteiger partial charge is 0.485 e. The van der Waals surface area contributed by atoms with Gasteiger partial charge in [0.05, 0.1) is 9.80 Å². The maximum absolute atomic E-state index is 13.3. The van der Waals surface area contributed by atoms with E-state index >= 15 is 0 Å². The minimum Gasteiger partial charge on any atom is -0.485 e. The van der Waals surface area contributed by atoms with Crippen molar-refractivity contribution in [3.8, 4) is 5.75 Å². The minimum atomic E-state index is -0.994. The molecule has 0 aliphatic heterocycles. The van der Waals surface area contributed by atoms with E-state index in [9.17, 15) is 19.3 Å². The van der Waals surface area contributed by atoms with E-state index < -0.39 is 16.4 Å². The lowest BCUT2D eigenvalue weighted by Crippen LogP contribution is -2.10. The van der Waals surface area contributed by atoms with Crippen LogP contribution in [0.2, 0.25) is 0 Å². The summed E-state index contributed by atoms with van der Waals surface area (Å²) in [4.78, 5) is 23.0. The third-order valence-electron chi connectivity index (χ3n) is 2.50. The number of carbonyl (C=O) groups excluding carboxylic acids is 1. The molecule has 0 N–H and O–H groups in total. The van der Waals surface area contributed by atoms with Crippen molar-refractivity contribution in [3.05, 3.63) is 56.0 Å². The number of halogens is 1. The van der Waals surface area contributed by atoms with E-state index in [0.29, 0.717) is 4.88 Å². The molecule has 20 heavy (non-hydrogen) atoms. The summed E-state index contributed by atoms with van der Waals surface area (Å²) in [6.07, 6.45) is 0. The number of nitro benzene ring substituents is 1. The zero-order valence-corrected chi connectivity index (χ0v) is 11.3. The van der Waals surface area contributed by atoms with Gasteiger partial charge in [0.15, 0.2) is 6.61 Å². The molecule has 5 nitrogen and oxygen atoms in total.